The fraction of sp³-hybridized carbons (Fsp3) is 0.500. The van der Waals surface area contributed by atoms with Crippen molar-refractivity contribution in [3.63, 3.8) is 0 Å². The van der Waals surface area contributed by atoms with Gasteiger partial charge in [-0.05, 0) is 76.8 Å². The summed E-state index contributed by atoms with van der Waals surface area (Å²) in [7, 11) is 0. The number of imidazole rings is 2. The van der Waals surface area contributed by atoms with Gasteiger partial charge in [-0.25, -0.2) is 24.3 Å². The van der Waals surface area contributed by atoms with E-state index in [0.717, 1.165) is 69.9 Å². The molecule has 184 valence electrons. The lowest BCUT2D eigenvalue weighted by atomic mass is 10.1. The van der Waals surface area contributed by atoms with Crippen molar-refractivity contribution >= 4 is 28.3 Å². The molecular formula is C28H35N5O2. The molecule has 0 aliphatic heterocycles. The van der Waals surface area contributed by atoms with Crippen LogP contribution in [0, 0.1) is 13.8 Å². The molecule has 0 atom stereocenters. The van der Waals surface area contributed by atoms with Crippen LogP contribution in [-0.4, -0.2) is 35.8 Å². The standard InChI is InChI=1S/C28H35N5O2/c1-7-23-31-24-17(2)14-18(3)29-26(24)32(23)16-19-12-13-21-22(15-19)33(27(34)35-28(4,5)6)25(30-21)20-10-8-9-11-20/h12-15,20H,7-11,16H2,1-6H3. The number of benzene rings is 1. The summed E-state index contributed by atoms with van der Waals surface area (Å²) in [5.41, 5.74) is 6.13. The average molecular weight is 474 g/mol. The number of fused-ring (bicyclic) bond motifs is 2. The van der Waals surface area contributed by atoms with Gasteiger partial charge in [-0.1, -0.05) is 25.8 Å². The van der Waals surface area contributed by atoms with Crippen molar-refractivity contribution in [2.45, 2.75) is 91.7 Å². The Kier molecular flexibility index (Phi) is 5.90. The summed E-state index contributed by atoms with van der Waals surface area (Å²) in [5.74, 6) is 2.13. The topological polar surface area (TPSA) is 74.8 Å². The van der Waals surface area contributed by atoms with E-state index in [1.54, 1.807) is 4.57 Å². The number of hydrogen-bond acceptors (Lipinski definition) is 5. The molecule has 0 unspecified atom stereocenters. The van der Waals surface area contributed by atoms with Crippen molar-refractivity contribution in [3.05, 3.63) is 52.7 Å². The minimum Gasteiger partial charge on any atom is -0.443 e. The van der Waals surface area contributed by atoms with Crippen LogP contribution >= 0.6 is 0 Å². The second-order valence-corrected chi connectivity index (χ2v) is 10.8. The summed E-state index contributed by atoms with van der Waals surface area (Å²) in [6.45, 7) is 12.6. The van der Waals surface area contributed by atoms with Crippen LogP contribution in [0.2, 0.25) is 0 Å². The minimum atomic E-state index is -0.578. The molecule has 0 N–H and O–H groups in total. The van der Waals surface area contributed by atoms with Crippen LogP contribution in [0.25, 0.3) is 22.2 Å². The molecule has 35 heavy (non-hydrogen) atoms. The molecule has 0 bridgehead atoms. The van der Waals surface area contributed by atoms with Gasteiger partial charge in [-0.15, -0.1) is 0 Å². The van der Waals surface area contributed by atoms with Crippen molar-refractivity contribution in [2.75, 3.05) is 0 Å². The molecular weight excluding hydrogens is 438 g/mol. The zero-order valence-electron chi connectivity index (χ0n) is 21.7. The van der Waals surface area contributed by atoms with Gasteiger partial charge in [0.15, 0.2) is 5.65 Å². The number of nitrogens with zero attached hydrogens (tertiary/aromatic N) is 5. The van der Waals surface area contributed by atoms with Crippen LogP contribution in [0.1, 0.15) is 87.8 Å². The Balaban J connectivity index is 1.62. The molecule has 3 heterocycles. The quantitative estimate of drug-likeness (QED) is 0.340. The van der Waals surface area contributed by atoms with Crippen molar-refractivity contribution in [2.24, 2.45) is 0 Å². The molecule has 1 aromatic carbocycles. The maximum absolute atomic E-state index is 13.4. The van der Waals surface area contributed by atoms with E-state index in [2.05, 4.69) is 36.6 Å². The third-order valence-electron chi connectivity index (χ3n) is 6.80. The van der Waals surface area contributed by atoms with Gasteiger partial charge in [0.1, 0.15) is 22.8 Å². The monoisotopic (exact) mass is 473 g/mol. The van der Waals surface area contributed by atoms with Crippen LogP contribution in [0.15, 0.2) is 24.3 Å². The van der Waals surface area contributed by atoms with Crippen LogP contribution in [-0.2, 0) is 17.7 Å². The van der Waals surface area contributed by atoms with Gasteiger partial charge in [0, 0.05) is 18.0 Å². The number of hydrogen-bond donors (Lipinski definition) is 0. The van der Waals surface area contributed by atoms with E-state index < -0.39 is 5.60 Å². The number of carbonyl (C=O) groups is 1. The maximum Gasteiger partial charge on any atom is 0.420 e. The first-order valence-electron chi connectivity index (χ1n) is 12.7. The van der Waals surface area contributed by atoms with E-state index in [0.29, 0.717) is 6.54 Å². The van der Waals surface area contributed by atoms with E-state index >= 15 is 0 Å². The molecule has 0 saturated heterocycles. The Morgan fingerprint density at radius 2 is 1.83 bits per heavy atom. The van der Waals surface area contributed by atoms with Gasteiger partial charge in [0.25, 0.3) is 0 Å². The summed E-state index contributed by atoms with van der Waals surface area (Å²) in [5, 5.41) is 0. The van der Waals surface area contributed by atoms with Crippen molar-refractivity contribution < 1.29 is 9.53 Å². The molecule has 1 aliphatic rings. The Morgan fingerprint density at radius 1 is 1.09 bits per heavy atom. The van der Waals surface area contributed by atoms with Gasteiger partial charge >= 0.3 is 6.09 Å². The first kappa shape index (κ1) is 23.5. The van der Waals surface area contributed by atoms with Crippen LogP contribution in [0.3, 0.4) is 0 Å². The van der Waals surface area contributed by atoms with Crippen molar-refractivity contribution in [3.8, 4) is 0 Å². The highest BCUT2D eigenvalue weighted by Gasteiger charge is 2.29. The first-order valence-corrected chi connectivity index (χ1v) is 12.7. The lowest BCUT2D eigenvalue weighted by molar-refractivity contribution is 0.0537. The maximum atomic E-state index is 13.4. The summed E-state index contributed by atoms with van der Waals surface area (Å²) in [4.78, 5) is 28.0. The highest BCUT2D eigenvalue weighted by molar-refractivity contribution is 5.88. The van der Waals surface area contributed by atoms with E-state index in [1.807, 2.05) is 33.8 Å². The highest BCUT2D eigenvalue weighted by atomic mass is 16.6. The van der Waals surface area contributed by atoms with Gasteiger partial charge in [0.2, 0.25) is 0 Å². The summed E-state index contributed by atoms with van der Waals surface area (Å²) in [6.07, 6.45) is 4.93. The van der Waals surface area contributed by atoms with Crippen LogP contribution in [0.4, 0.5) is 4.79 Å². The molecule has 7 nitrogen and oxygen atoms in total. The van der Waals surface area contributed by atoms with Gasteiger partial charge < -0.3 is 9.30 Å². The number of aromatic nitrogens is 5. The van der Waals surface area contributed by atoms with E-state index in [4.69, 9.17) is 19.7 Å². The second kappa shape index (κ2) is 8.77. The van der Waals surface area contributed by atoms with E-state index in [-0.39, 0.29) is 12.0 Å². The Hall–Kier alpha value is -3.22. The molecule has 4 aromatic rings. The fourth-order valence-corrected chi connectivity index (χ4v) is 5.26. The Bertz CT molecular complexity index is 1420. The van der Waals surface area contributed by atoms with Gasteiger partial charge in [-0.2, -0.15) is 0 Å². The molecule has 0 radical (unpaired) electrons. The predicted molar refractivity (Wildman–Crippen MR) is 138 cm³/mol. The smallest absolute Gasteiger partial charge is 0.420 e. The van der Waals surface area contributed by atoms with Crippen molar-refractivity contribution in [1.82, 2.24) is 24.1 Å². The summed E-state index contributed by atoms with van der Waals surface area (Å²) in [6, 6.07) is 8.29. The predicted octanol–water partition coefficient (Wildman–Crippen LogP) is 6.45. The van der Waals surface area contributed by atoms with Crippen LogP contribution < -0.4 is 0 Å². The second-order valence-electron chi connectivity index (χ2n) is 10.8. The number of rotatable bonds is 4. The number of aryl methyl sites for hydroxylation is 3. The summed E-state index contributed by atoms with van der Waals surface area (Å²) < 4.78 is 9.73. The third-order valence-corrected chi connectivity index (χ3v) is 6.80. The SMILES string of the molecule is CCc1nc2c(C)cc(C)nc2n1Cc1ccc2nc(C3CCCC3)n(C(=O)OC(C)(C)C)c2c1. The molecule has 0 spiro atoms. The fourth-order valence-electron chi connectivity index (χ4n) is 5.26. The Labute approximate surface area is 206 Å². The summed E-state index contributed by atoms with van der Waals surface area (Å²) >= 11 is 0. The first-order chi connectivity index (χ1) is 16.6. The van der Waals surface area contributed by atoms with Gasteiger partial charge in [0.05, 0.1) is 17.6 Å². The highest BCUT2D eigenvalue weighted by Crippen LogP contribution is 2.36. The minimum absolute atomic E-state index is 0.290. The lowest BCUT2D eigenvalue weighted by Gasteiger charge is -2.21. The van der Waals surface area contributed by atoms with E-state index in [9.17, 15) is 4.79 Å². The molecule has 7 heteroatoms. The molecule has 3 aromatic heterocycles. The molecule has 1 saturated carbocycles. The Morgan fingerprint density at radius 3 is 2.51 bits per heavy atom. The normalized spacial score (nSPS) is 14.9. The van der Waals surface area contributed by atoms with Gasteiger partial charge in [-0.3, -0.25) is 0 Å². The zero-order valence-corrected chi connectivity index (χ0v) is 21.7. The number of ether oxygens (including phenoxy) is 1. The largest absolute Gasteiger partial charge is 0.443 e. The molecule has 0 amide bonds. The average Bonchev–Trinajstić information content (AvgIpc) is 3.50. The number of pyridine rings is 1. The molecule has 1 aliphatic carbocycles. The zero-order chi connectivity index (χ0) is 24.9. The van der Waals surface area contributed by atoms with E-state index in [1.165, 1.54) is 12.8 Å². The molecule has 5 rings (SSSR count). The van der Waals surface area contributed by atoms with Crippen LogP contribution in [0.5, 0.6) is 0 Å². The number of carbonyl (C=O) groups excluding carboxylic acids is 1. The lowest BCUT2D eigenvalue weighted by Crippen LogP contribution is -2.28. The molecule has 1 fully saturated rings. The third kappa shape index (κ3) is 4.44. The van der Waals surface area contributed by atoms with Crippen molar-refractivity contribution in [1.29, 1.82) is 0 Å².